The van der Waals surface area contributed by atoms with Crippen molar-refractivity contribution in [3.05, 3.63) is 11.4 Å². The van der Waals surface area contributed by atoms with Crippen molar-refractivity contribution in [1.82, 2.24) is 20.3 Å². The van der Waals surface area contributed by atoms with E-state index in [-0.39, 0.29) is 0 Å². The van der Waals surface area contributed by atoms with Crippen LogP contribution in [0.3, 0.4) is 0 Å². The zero-order chi connectivity index (χ0) is 11.0. The van der Waals surface area contributed by atoms with Gasteiger partial charge in [-0.15, -0.1) is 5.10 Å². The lowest BCUT2D eigenvalue weighted by atomic mass is 10.0. The first-order valence-electron chi connectivity index (χ1n) is 6.01. The predicted octanol–water partition coefficient (Wildman–Crippen LogP) is 0.428. The Balaban J connectivity index is 1.63. The number of nitrogens with zero attached hydrogens (tertiary/aromatic N) is 3. The number of ether oxygens (including phenoxy) is 1. The molecule has 3 rings (SSSR count). The van der Waals surface area contributed by atoms with Crippen molar-refractivity contribution < 1.29 is 4.74 Å². The van der Waals surface area contributed by atoms with Gasteiger partial charge in [0, 0.05) is 32.7 Å². The lowest BCUT2D eigenvalue weighted by Crippen LogP contribution is -2.32. The van der Waals surface area contributed by atoms with Crippen LogP contribution in [0.25, 0.3) is 0 Å². The lowest BCUT2D eigenvalue weighted by Gasteiger charge is -2.23. The molecular weight excluding hydrogens is 204 g/mol. The molecule has 0 spiro atoms. The van der Waals surface area contributed by atoms with E-state index in [9.17, 15) is 0 Å². The summed E-state index contributed by atoms with van der Waals surface area (Å²) in [6, 6.07) is 0. The van der Waals surface area contributed by atoms with Crippen LogP contribution in [0.15, 0.2) is 0 Å². The number of rotatable bonds is 4. The topological polar surface area (TPSA) is 52.0 Å². The Morgan fingerprint density at radius 2 is 2.31 bits per heavy atom. The maximum absolute atomic E-state index is 5.77. The maximum Gasteiger partial charge on any atom is 0.100 e. The molecule has 1 atom stereocenters. The molecule has 0 bridgehead atoms. The maximum atomic E-state index is 5.77. The van der Waals surface area contributed by atoms with Gasteiger partial charge in [-0.3, -0.25) is 4.68 Å². The van der Waals surface area contributed by atoms with E-state index in [4.69, 9.17) is 4.74 Å². The summed E-state index contributed by atoms with van der Waals surface area (Å²) in [6.07, 6.45) is 2.70. The van der Waals surface area contributed by atoms with Crippen molar-refractivity contribution in [2.24, 2.45) is 13.0 Å². The van der Waals surface area contributed by atoms with Crippen molar-refractivity contribution in [2.75, 3.05) is 19.8 Å². The fraction of sp³-hybridized carbons (Fsp3) is 0.818. The Morgan fingerprint density at radius 1 is 1.44 bits per heavy atom. The van der Waals surface area contributed by atoms with Gasteiger partial charge in [-0.25, -0.2) is 0 Å². The standard InChI is InChI=1S/C11H18N4O/c1-15-11-9(7-16-6-8-2-3-8)4-12-5-10(11)13-14-15/h8-9,12H,2-7H2,1H3. The Hall–Kier alpha value is -0.940. The second-order valence-electron chi connectivity index (χ2n) is 4.85. The minimum absolute atomic E-state index is 0.405. The third-order valence-electron chi connectivity index (χ3n) is 3.38. The summed E-state index contributed by atoms with van der Waals surface area (Å²) in [5.74, 6) is 1.24. The minimum atomic E-state index is 0.405. The molecule has 0 saturated heterocycles. The van der Waals surface area contributed by atoms with Crippen molar-refractivity contribution in [3.8, 4) is 0 Å². The molecule has 16 heavy (non-hydrogen) atoms. The van der Waals surface area contributed by atoms with Crippen molar-refractivity contribution >= 4 is 0 Å². The van der Waals surface area contributed by atoms with E-state index in [0.29, 0.717) is 5.92 Å². The van der Waals surface area contributed by atoms with Gasteiger partial charge < -0.3 is 10.1 Å². The molecule has 2 heterocycles. The molecule has 1 aliphatic heterocycles. The average molecular weight is 222 g/mol. The largest absolute Gasteiger partial charge is 0.380 e. The summed E-state index contributed by atoms with van der Waals surface area (Å²) in [4.78, 5) is 0. The van der Waals surface area contributed by atoms with E-state index in [1.54, 1.807) is 0 Å². The number of aromatic nitrogens is 3. The second-order valence-corrected chi connectivity index (χ2v) is 4.85. The SMILES string of the molecule is Cn1nnc2c1C(COCC1CC1)CNC2. The summed E-state index contributed by atoms with van der Waals surface area (Å²) in [6.45, 7) is 3.52. The molecule has 1 saturated carbocycles. The Bertz CT molecular complexity index is 372. The van der Waals surface area contributed by atoms with Crippen LogP contribution in [0.1, 0.15) is 30.1 Å². The first-order chi connectivity index (χ1) is 7.84. The van der Waals surface area contributed by atoms with Gasteiger partial charge in [-0.2, -0.15) is 0 Å². The van der Waals surface area contributed by atoms with Crippen LogP contribution < -0.4 is 5.32 Å². The molecule has 1 aromatic heterocycles. The van der Waals surface area contributed by atoms with Gasteiger partial charge in [0.05, 0.1) is 12.3 Å². The first kappa shape index (κ1) is 10.2. The highest BCUT2D eigenvalue weighted by Crippen LogP contribution is 2.29. The Labute approximate surface area is 95.2 Å². The van der Waals surface area contributed by atoms with Crippen LogP contribution in [0, 0.1) is 5.92 Å². The van der Waals surface area contributed by atoms with E-state index < -0.39 is 0 Å². The molecular formula is C11H18N4O. The van der Waals surface area contributed by atoms with Crippen molar-refractivity contribution in [1.29, 1.82) is 0 Å². The number of fused-ring (bicyclic) bond motifs is 1. The second kappa shape index (κ2) is 4.14. The summed E-state index contributed by atoms with van der Waals surface area (Å²) in [7, 11) is 1.96. The van der Waals surface area contributed by atoms with E-state index >= 15 is 0 Å². The van der Waals surface area contributed by atoms with Gasteiger partial charge >= 0.3 is 0 Å². The summed E-state index contributed by atoms with van der Waals surface area (Å²) in [5, 5.41) is 11.6. The molecule has 1 aromatic rings. The van der Waals surface area contributed by atoms with E-state index in [1.807, 2.05) is 11.7 Å². The van der Waals surface area contributed by atoms with E-state index in [2.05, 4.69) is 15.6 Å². The van der Waals surface area contributed by atoms with Crippen LogP contribution in [0.2, 0.25) is 0 Å². The highest BCUT2D eigenvalue weighted by Gasteiger charge is 2.27. The number of hydrogen-bond acceptors (Lipinski definition) is 4. The Morgan fingerprint density at radius 3 is 3.12 bits per heavy atom. The summed E-state index contributed by atoms with van der Waals surface area (Å²) < 4.78 is 7.66. The van der Waals surface area contributed by atoms with Gasteiger partial charge in [0.2, 0.25) is 0 Å². The zero-order valence-corrected chi connectivity index (χ0v) is 9.65. The van der Waals surface area contributed by atoms with Crippen LogP contribution in [0.4, 0.5) is 0 Å². The molecule has 1 unspecified atom stereocenters. The Kier molecular flexibility index (Phi) is 2.65. The third kappa shape index (κ3) is 1.97. The fourth-order valence-corrected chi connectivity index (χ4v) is 2.29. The quantitative estimate of drug-likeness (QED) is 0.802. The van der Waals surface area contributed by atoms with E-state index in [0.717, 1.165) is 37.9 Å². The van der Waals surface area contributed by atoms with Crippen molar-refractivity contribution in [3.63, 3.8) is 0 Å². The van der Waals surface area contributed by atoms with Gasteiger partial charge in [-0.1, -0.05) is 5.21 Å². The molecule has 1 fully saturated rings. The number of nitrogens with one attached hydrogen (secondary N) is 1. The summed E-state index contributed by atoms with van der Waals surface area (Å²) >= 11 is 0. The average Bonchev–Trinajstić information content (AvgIpc) is 3.03. The molecule has 5 heteroatoms. The molecule has 2 aliphatic rings. The molecule has 0 radical (unpaired) electrons. The fourth-order valence-electron chi connectivity index (χ4n) is 2.29. The van der Waals surface area contributed by atoms with Gasteiger partial charge in [0.1, 0.15) is 5.69 Å². The highest BCUT2D eigenvalue weighted by molar-refractivity contribution is 5.19. The van der Waals surface area contributed by atoms with Crippen LogP contribution in [-0.2, 0) is 18.3 Å². The zero-order valence-electron chi connectivity index (χ0n) is 9.65. The lowest BCUT2D eigenvalue weighted by molar-refractivity contribution is 0.106. The molecule has 1 aliphatic carbocycles. The molecule has 1 N–H and O–H groups in total. The number of aryl methyl sites for hydroxylation is 1. The normalized spacial score (nSPS) is 24.4. The molecule has 5 nitrogen and oxygen atoms in total. The monoisotopic (exact) mass is 222 g/mol. The van der Waals surface area contributed by atoms with Gasteiger partial charge in [-0.05, 0) is 18.8 Å². The molecule has 88 valence electrons. The van der Waals surface area contributed by atoms with Crippen LogP contribution >= 0.6 is 0 Å². The third-order valence-corrected chi connectivity index (χ3v) is 3.38. The molecule has 0 amide bonds. The predicted molar refractivity (Wildman–Crippen MR) is 59.0 cm³/mol. The van der Waals surface area contributed by atoms with Crippen LogP contribution in [-0.4, -0.2) is 34.8 Å². The number of hydrogen-bond donors (Lipinski definition) is 1. The first-order valence-corrected chi connectivity index (χ1v) is 6.01. The van der Waals surface area contributed by atoms with Gasteiger partial charge in [0.25, 0.3) is 0 Å². The van der Waals surface area contributed by atoms with Crippen molar-refractivity contribution in [2.45, 2.75) is 25.3 Å². The summed E-state index contributed by atoms with van der Waals surface area (Å²) in [5.41, 5.74) is 2.32. The van der Waals surface area contributed by atoms with Gasteiger partial charge in [0.15, 0.2) is 0 Å². The van der Waals surface area contributed by atoms with E-state index in [1.165, 1.54) is 18.5 Å². The van der Waals surface area contributed by atoms with Crippen LogP contribution in [0.5, 0.6) is 0 Å². The minimum Gasteiger partial charge on any atom is -0.380 e. The molecule has 0 aromatic carbocycles. The smallest absolute Gasteiger partial charge is 0.100 e. The highest BCUT2D eigenvalue weighted by atomic mass is 16.5.